The lowest BCUT2D eigenvalue weighted by Gasteiger charge is -2.25. The quantitative estimate of drug-likeness (QED) is 0.555. The van der Waals surface area contributed by atoms with Crippen molar-refractivity contribution in [3.63, 3.8) is 0 Å². The fourth-order valence-corrected chi connectivity index (χ4v) is 2.94. The standard InChI is InChI=1S/C9H14O3/c1-10-9-8(12-9)5-2-3-7(8)4-6-11-9/h7H,2-6H2,1H3/t7-,8-,9+/m0/s1. The van der Waals surface area contributed by atoms with E-state index in [0.717, 1.165) is 19.4 Å². The lowest BCUT2D eigenvalue weighted by Crippen LogP contribution is -2.39. The number of methoxy groups -OCH3 is 1. The van der Waals surface area contributed by atoms with Crippen LogP contribution in [0.15, 0.2) is 0 Å². The Balaban J connectivity index is 1.93. The van der Waals surface area contributed by atoms with Crippen molar-refractivity contribution in [2.24, 2.45) is 5.92 Å². The monoisotopic (exact) mass is 170 g/mol. The Hall–Kier alpha value is -0.120. The van der Waals surface area contributed by atoms with Crippen LogP contribution in [0.2, 0.25) is 0 Å². The topological polar surface area (TPSA) is 31.0 Å². The zero-order valence-electron chi connectivity index (χ0n) is 7.34. The summed E-state index contributed by atoms with van der Waals surface area (Å²) in [5, 5.41) is 0. The van der Waals surface area contributed by atoms with Crippen LogP contribution >= 0.6 is 0 Å². The Kier molecular flexibility index (Phi) is 1.23. The molecule has 3 atom stereocenters. The molecular weight excluding hydrogens is 156 g/mol. The summed E-state index contributed by atoms with van der Waals surface area (Å²) in [5.74, 6) is 0.0538. The molecule has 1 saturated carbocycles. The molecule has 1 spiro atoms. The Morgan fingerprint density at radius 2 is 2.33 bits per heavy atom. The molecule has 0 N–H and O–H groups in total. The molecule has 0 radical (unpaired) electrons. The van der Waals surface area contributed by atoms with Crippen LogP contribution in [0.4, 0.5) is 0 Å². The minimum absolute atomic E-state index is 0.0417. The van der Waals surface area contributed by atoms with Crippen LogP contribution in [0.25, 0.3) is 0 Å². The predicted octanol–water partition coefficient (Wildman–Crippen LogP) is 1.28. The fourth-order valence-electron chi connectivity index (χ4n) is 2.94. The lowest BCUT2D eigenvalue weighted by atomic mass is 9.90. The Morgan fingerprint density at radius 1 is 1.42 bits per heavy atom. The van der Waals surface area contributed by atoms with Gasteiger partial charge in [0.05, 0.1) is 6.61 Å². The first-order valence-corrected chi connectivity index (χ1v) is 4.72. The van der Waals surface area contributed by atoms with Gasteiger partial charge < -0.3 is 14.2 Å². The van der Waals surface area contributed by atoms with E-state index < -0.39 is 5.97 Å². The highest BCUT2D eigenvalue weighted by molar-refractivity contribution is 5.13. The lowest BCUT2D eigenvalue weighted by molar-refractivity contribution is -0.225. The summed E-state index contributed by atoms with van der Waals surface area (Å²) >= 11 is 0. The Bertz CT molecular complexity index is 218. The maximum absolute atomic E-state index is 5.68. The molecule has 1 aliphatic carbocycles. The van der Waals surface area contributed by atoms with Gasteiger partial charge in [0.15, 0.2) is 5.60 Å². The third-order valence-electron chi connectivity index (χ3n) is 3.58. The second-order valence-electron chi connectivity index (χ2n) is 3.98. The second kappa shape index (κ2) is 2.03. The first kappa shape index (κ1) is 7.30. The third kappa shape index (κ3) is 0.605. The van der Waals surface area contributed by atoms with Crippen molar-refractivity contribution in [1.82, 2.24) is 0 Å². The number of hydrogen-bond donors (Lipinski definition) is 0. The van der Waals surface area contributed by atoms with E-state index in [2.05, 4.69) is 0 Å². The summed E-state index contributed by atoms with van der Waals surface area (Å²) in [7, 11) is 1.68. The van der Waals surface area contributed by atoms with E-state index in [1.165, 1.54) is 12.8 Å². The van der Waals surface area contributed by atoms with Crippen LogP contribution in [-0.2, 0) is 14.2 Å². The van der Waals surface area contributed by atoms with Crippen molar-refractivity contribution in [3.05, 3.63) is 0 Å². The number of rotatable bonds is 1. The van der Waals surface area contributed by atoms with Crippen molar-refractivity contribution in [2.45, 2.75) is 37.3 Å². The van der Waals surface area contributed by atoms with Gasteiger partial charge in [-0.05, 0) is 31.6 Å². The molecule has 2 saturated heterocycles. The average molecular weight is 170 g/mol. The molecule has 3 rings (SSSR count). The molecule has 3 nitrogen and oxygen atoms in total. The van der Waals surface area contributed by atoms with E-state index in [-0.39, 0.29) is 5.60 Å². The van der Waals surface area contributed by atoms with Crippen LogP contribution in [0, 0.1) is 5.92 Å². The largest absolute Gasteiger partial charge is 0.328 e. The minimum atomic E-state index is -0.633. The SMILES string of the molecule is CO[C@@]12OCC[C@@H]3CCC[C@]31O2. The van der Waals surface area contributed by atoms with Gasteiger partial charge in [0.1, 0.15) is 0 Å². The molecule has 68 valence electrons. The van der Waals surface area contributed by atoms with E-state index in [4.69, 9.17) is 14.2 Å². The first-order valence-electron chi connectivity index (χ1n) is 4.72. The summed E-state index contributed by atoms with van der Waals surface area (Å²) in [6.07, 6.45) is 4.81. The van der Waals surface area contributed by atoms with Crippen molar-refractivity contribution < 1.29 is 14.2 Å². The molecule has 12 heavy (non-hydrogen) atoms. The van der Waals surface area contributed by atoms with Gasteiger partial charge in [0.2, 0.25) is 0 Å². The molecule has 0 aromatic carbocycles. The smallest absolute Gasteiger partial charge is 0.314 e. The van der Waals surface area contributed by atoms with Crippen molar-refractivity contribution in [1.29, 1.82) is 0 Å². The van der Waals surface area contributed by atoms with E-state index in [0.29, 0.717) is 5.92 Å². The van der Waals surface area contributed by atoms with Crippen LogP contribution < -0.4 is 0 Å². The number of epoxide rings is 1. The summed E-state index contributed by atoms with van der Waals surface area (Å²) in [6.45, 7) is 0.792. The van der Waals surface area contributed by atoms with Gasteiger partial charge in [-0.2, -0.15) is 0 Å². The van der Waals surface area contributed by atoms with Crippen molar-refractivity contribution in [2.75, 3.05) is 13.7 Å². The molecule has 3 heteroatoms. The van der Waals surface area contributed by atoms with Gasteiger partial charge in [0.25, 0.3) is 0 Å². The first-order chi connectivity index (χ1) is 5.83. The molecule has 0 aromatic heterocycles. The van der Waals surface area contributed by atoms with E-state index >= 15 is 0 Å². The summed E-state index contributed by atoms with van der Waals surface area (Å²) in [6, 6.07) is 0. The molecule has 0 bridgehead atoms. The normalized spacial score (nSPS) is 56.2. The van der Waals surface area contributed by atoms with Gasteiger partial charge >= 0.3 is 5.97 Å². The van der Waals surface area contributed by atoms with Crippen molar-refractivity contribution in [3.8, 4) is 0 Å². The number of ether oxygens (including phenoxy) is 3. The van der Waals surface area contributed by atoms with Gasteiger partial charge in [-0.15, -0.1) is 0 Å². The predicted molar refractivity (Wildman–Crippen MR) is 41.5 cm³/mol. The second-order valence-corrected chi connectivity index (χ2v) is 3.98. The summed E-state index contributed by atoms with van der Waals surface area (Å²) in [5.41, 5.74) is -0.0417. The van der Waals surface area contributed by atoms with E-state index in [1.54, 1.807) is 7.11 Å². The van der Waals surface area contributed by atoms with Crippen LogP contribution in [0.1, 0.15) is 25.7 Å². The molecule has 2 heterocycles. The molecular formula is C9H14O3. The van der Waals surface area contributed by atoms with Gasteiger partial charge in [0, 0.05) is 7.11 Å². The summed E-state index contributed by atoms with van der Waals surface area (Å²) in [4.78, 5) is 0. The number of hydrogen-bond acceptors (Lipinski definition) is 3. The highest BCUT2D eigenvalue weighted by Crippen LogP contribution is 2.64. The van der Waals surface area contributed by atoms with Crippen LogP contribution in [0.3, 0.4) is 0 Å². The maximum Gasteiger partial charge on any atom is 0.314 e. The molecule has 0 aromatic rings. The maximum atomic E-state index is 5.68. The third-order valence-corrected chi connectivity index (χ3v) is 3.58. The molecule has 0 amide bonds. The summed E-state index contributed by atoms with van der Waals surface area (Å²) < 4.78 is 16.5. The van der Waals surface area contributed by atoms with Crippen LogP contribution in [-0.4, -0.2) is 25.3 Å². The van der Waals surface area contributed by atoms with Gasteiger partial charge in [-0.1, -0.05) is 0 Å². The zero-order chi connectivity index (χ0) is 8.23. The highest BCUT2D eigenvalue weighted by atomic mass is 17.0. The van der Waals surface area contributed by atoms with Crippen LogP contribution in [0.5, 0.6) is 0 Å². The molecule has 3 fully saturated rings. The molecule has 3 aliphatic rings. The average Bonchev–Trinajstić information content (AvgIpc) is 2.59. The van der Waals surface area contributed by atoms with E-state index in [9.17, 15) is 0 Å². The van der Waals surface area contributed by atoms with Crippen molar-refractivity contribution >= 4 is 0 Å². The Labute approximate surface area is 72.0 Å². The fraction of sp³-hybridized carbons (Fsp3) is 1.00. The van der Waals surface area contributed by atoms with Gasteiger partial charge in [-0.3, -0.25) is 0 Å². The minimum Gasteiger partial charge on any atom is -0.328 e. The Morgan fingerprint density at radius 3 is 3.17 bits per heavy atom. The zero-order valence-corrected chi connectivity index (χ0v) is 7.34. The molecule has 0 unspecified atom stereocenters. The highest BCUT2D eigenvalue weighted by Gasteiger charge is 2.79. The molecule has 2 aliphatic heterocycles. The van der Waals surface area contributed by atoms with E-state index in [1.807, 2.05) is 0 Å². The van der Waals surface area contributed by atoms with Gasteiger partial charge in [-0.25, -0.2) is 0 Å².